The molecule has 160 valence electrons. The van der Waals surface area contributed by atoms with Gasteiger partial charge in [0.25, 0.3) is 0 Å². The number of thiophene rings is 1. The summed E-state index contributed by atoms with van der Waals surface area (Å²) < 4.78 is 5.28. The lowest BCUT2D eigenvalue weighted by Gasteiger charge is -2.36. The second-order valence-electron chi connectivity index (χ2n) is 8.42. The molecule has 1 fully saturated rings. The van der Waals surface area contributed by atoms with Gasteiger partial charge >= 0.3 is 0 Å². The highest BCUT2D eigenvalue weighted by Crippen LogP contribution is 2.34. The molecule has 1 N–H and O–H groups in total. The first-order valence-corrected chi connectivity index (χ1v) is 11.9. The van der Waals surface area contributed by atoms with E-state index in [9.17, 15) is 0 Å². The molecule has 1 atom stereocenters. The van der Waals surface area contributed by atoms with Gasteiger partial charge in [-0.25, -0.2) is 4.99 Å². The standard InChI is InChI=1S/C26H29N3OS/c1-18-15-23-25(31-18)16-20-5-3-4-6-24(20)28-26(23)29-14-13-27-21(17-29)10-7-19-8-11-22(30-2)12-9-19/h3-6,8-9,11-12,15,21,27H,7,10,13-14,16-17H2,1-2H3/t21-/m0/s1. The number of hydrogen-bond donors (Lipinski definition) is 1. The number of ether oxygens (including phenoxy) is 1. The van der Waals surface area contributed by atoms with Gasteiger partial charge in [0.2, 0.25) is 0 Å². The Labute approximate surface area is 188 Å². The fourth-order valence-electron chi connectivity index (χ4n) is 4.59. The van der Waals surface area contributed by atoms with Crippen molar-refractivity contribution in [1.82, 2.24) is 10.2 Å². The normalized spacial score (nSPS) is 18.1. The fourth-order valence-corrected chi connectivity index (χ4v) is 5.64. The molecule has 0 unspecified atom stereocenters. The Bertz CT molecular complexity index is 1090. The topological polar surface area (TPSA) is 36.9 Å². The van der Waals surface area contributed by atoms with E-state index in [2.05, 4.69) is 59.6 Å². The summed E-state index contributed by atoms with van der Waals surface area (Å²) in [6.07, 6.45) is 3.15. The van der Waals surface area contributed by atoms with E-state index < -0.39 is 0 Å². The van der Waals surface area contributed by atoms with Crippen LogP contribution in [0.4, 0.5) is 5.69 Å². The molecule has 0 spiro atoms. The van der Waals surface area contributed by atoms with Gasteiger partial charge in [0, 0.05) is 47.4 Å². The number of piperazine rings is 1. The molecule has 0 radical (unpaired) electrons. The number of rotatable bonds is 4. The maximum atomic E-state index is 5.28. The van der Waals surface area contributed by atoms with Crippen LogP contribution in [0.15, 0.2) is 59.6 Å². The summed E-state index contributed by atoms with van der Waals surface area (Å²) in [5.74, 6) is 2.07. The van der Waals surface area contributed by atoms with Crippen LogP contribution in [-0.2, 0) is 12.8 Å². The minimum atomic E-state index is 0.459. The largest absolute Gasteiger partial charge is 0.497 e. The smallest absolute Gasteiger partial charge is 0.137 e. The minimum absolute atomic E-state index is 0.459. The third kappa shape index (κ3) is 4.39. The van der Waals surface area contributed by atoms with Gasteiger partial charge in [-0.2, -0.15) is 0 Å². The number of para-hydroxylation sites is 1. The summed E-state index contributed by atoms with van der Waals surface area (Å²) in [6, 6.07) is 19.8. The quantitative estimate of drug-likeness (QED) is 0.635. The van der Waals surface area contributed by atoms with Crippen molar-refractivity contribution < 1.29 is 4.74 Å². The number of nitrogens with zero attached hydrogens (tertiary/aromatic N) is 2. The number of aliphatic imine (C=N–C) groups is 1. The van der Waals surface area contributed by atoms with Crippen LogP contribution in [0.25, 0.3) is 0 Å². The predicted molar refractivity (Wildman–Crippen MR) is 129 cm³/mol. The van der Waals surface area contributed by atoms with Crippen LogP contribution in [0.5, 0.6) is 5.75 Å². The second-order valence-corrected chi connectivity index (χ2v) is 9.76. The van der Waals surface area contributed by atoms with E-state index in [0.717, 1.165) is 56.2 Å². The lowest BCUT2D eigenvalue weighted by molar-refractivity contribution is 0.282. The van der Waals surface area contributed by atoms with E-state index in [0.29, 0.717) is 6.04 Å². The van der Waals surface area contributed by atoms with E-state index in [1.54, 1.807) is 7.11 Å². The zero-order chi connectivity index (χ0) is 21.2. The maximum absolute atomic E-state index is 5.28. The maximum Gasteiger partial charge on any atom is 0.137 e. The molecular weight excluding hydrogens is 402 g/mol. The Hall–Kier alpha value is -2.63. The van der Waals surface area contributed by atoms with Crippen LogP contribution in [0, 0.1) is 6.92 Å². The molecule has 3 heterocycles. The highest BCUT2D eigenvalue weighted by atomic mass is 32.1. The zero-order valence-electron chi connectivity index (χ0n) is 18.2. The average Bonchev–Trinajstić information content (AvgIpc) is 3.09. The van der Waals surface area contributed by atoms with Crippen LogP contribution in [0.3, 0.4) is 0 Å². The lowest BCUT2D eigenvalue weighted by atomic mass is 10.0. The number of aryl methyl sites for hydroxylation is 2. The van der Waals surface area contributed by atoms with Gasteiger partial charge < -0.3 is 15.0 Å². The number of methoxy groups -OCH3 is 1. The minimum Gasteiger partial charge on any atom is -0.497 e. The van der Waals surface area contributed by atoms with E-state index in [4.69, 9.17) is 9.73 Å². The van der Waals surface area contributed by atoms with Gasteiger partial charge in [-0.15, -0.1) is 11.3 Å². The first kappa shape index (κ1) is 20.3. The highest BCUT2D eigenvalue weighted by molar-refractivity contribution is 7.12. The molecule has 31 heavy (non-hydrogen) atoms. The number of amidine groups is 1. The van der Waals surface area contributed by atoms with Crippen molar-refractivity contribution >= 4 is 22.9 Å². The Morgan fingerprint density at radius 1 is 1.16 bits per heavy atom. The fraction of sp³-hybridized carbons (Fsp3) is 0.346. The molecule has 0 bridgehead atoms. The SMILES string of the molecule is COc1ccc(CC[C@H]2CN(C3=Nc4ccccc4Cc4sc(C)cc43)CCN2)cc1. The molecule has 2 aromatic carbocycles. The van der Waals surface area contributed by atoms with Crippen molar-refractivity contribution in [2.24, 2.45) is 4.99 Å². The monoisotopic (exact) mass is 431 g/mol. The second kappa shape index (κ2) is 8.85. The summed E-state index contributed by atoms with van der Waals surface area (Å²) in [5, 5.41) is 3.73. The third-order valence-electron chi connectivity index (χ3n) is 6.24. The molecule has 0 amide bonds. The van der Waals surface area contributed by atoms with Crippen LogP contribution < -0.4 is 10.1 Å². The Kier molecular flexibility index (Phi) is 5.79. The Morgan fingerprint density at radius 3 is 2.84 bits per heavy atom. The van der Waals surface area contributed by atoms with Gasteiger partial charge in [-0.1, -0.05) is 30.3 Å². The molecule has 5 rings (SSSR count). The Balaban J connectivity index is 1.35. The van der Waals surface area contributed by atoms with Gasteiger partial charge in [0.05, 0.1) is 12.8 Å². The summed E-state index contributed by atoms with van der Waals surface area (Å²) >= 11 is 1.91. The molecule has 5 heteroatoms. The van der Waals surface area contributed by atoms with E-state index in [-0.39, 0.29) is 0 Å². The summed E-state index contributed by atoms with van der Waals surface area (Å²) in [4.78, 5) is 10.5. The van der Waals surface area contributed by atoms with Crippen LogP contribution >= 0.6 is 11.3 Å². The summed E-state index contributed by atoms with van der Waals surface area (Å²) in [6.45, 7) is 5.18. The molecule has 2 aliphatic rings. The molecule has 0 aliphatic carbocycles. The van der Waals surface area contributed by atoms with E-state index in [1.807, 2.05) is 23.5 Å². The summed E-state index contributed by atoms with van der Waals surface area (Å²) in [5.41, 5.74) is 5.13. The predicted octanol–water partition coefficient (Wildman–Crippen LogP) is 4.95. The van der Waals surface area contributed by atoms with Crippen LogP contribution in [0.1, 0.15) is 32.9 Å². The van der Waals surface area contributed by atoms with Crippen molar-refractivity contribution in [1.29, 1.82) is 0 Å². The van der Waals surface area contributed by atoms with Crippen molar-refractivity contribution in [2.45, 2.75) is 32.2 Å². The first-order valence-electron chi connectivity index (χ1n) is 11.1. The van der Waals surface area contributed by atoms with Gasteiger partial charge in [0.15, 0.2) is 0 Å². The van der Waals surface area contributed by atoms with Gasteiger partial charge in [0.1, 0.15) is 11.6 Å². The van der Waals surface area contributed by atoms with Gasteiger partial charge in [-0.3, -0.25) is 0 Å². The first-order chi connectivity index (χ1) is 15.2. The number of nitrogens with one attached hydrogen (secondary N) is 1. The molecule has 1 aromatic heterocycles. The number of hydrogen-bond acceptors (Lipinski definition) is 5. The Morgan fingerprint density at radius 2 is 2.00 bits per heavy atom. The van der Waals surface area contributed by atoms with Crippen molar-refractivity contribution in [2.75, 3.05) is 26.7 Å². The van der Waals surface area contributed by atoms with Crippen molar-refractivity contribution in [3.05, 3.63) is 81.0 Å². The van der Waals surface area contributed by atoms with Crippen LogP contribution in [0.2, 0.25) is 0 Å². The molecule has 1 saturated heterocycles. The lowest BCUT2D eigenvalue weighted by Crippen LogP contribution is -2.52. The van der Waals surface area contributed by atoms with Crippen molar-refractivity contribution in [3.8, 4) is 5.75 Å². The highest BCUT2D eigenvalue weighted by Gasteiger charge is 2.27. The van der Waals surface area contributed by atoms with Gasteiger partial charge in [-0.05, 0) is 55.2 Å². The number of benzene rings is 2. The molecule has 0 saturated carbocycles. The van der Waals surface area contributed by atoms with E-state index >= 15 is 0 Å². The molecule has 3 aromatic rings. The van der Waals surface area contributed by atoms with Crippen molar-refractivity contribution in [3.63, 3.8) is 0 Å². The molecular formula is C26H29N3OS. The average molecular weight is 432 g/mol. The third-order valence-corrected chi connectivity index (χ3v) is 7.29. The zero-order valence-corrected chi connectivity index (χ0v) is 19.0. The molecule has 4 nitrogen and oxygen atoms in total. The number of fused-ring (bicyclic) bond motifs is 2. The van der Waals surface area contributed by atoms with E-state index in [1.165, 1.54) is 26.4 Å². The molecule has 2 aliphatic heterocycles. The van der Waals surface area contributed by atoms with Crippen LogP contribution in [-0.4, -0.2) is 43.5 Å². The summed E-state index contributed by atoms with van der Waals surface area (Å²) in [7, 11) is 1.71.